The first kappa shape index (κ1) is 19.7. The molecule has 6 heteroatoms. The van der Waals surface area contributed by atoms with Crippen molar-refractivity contribution in [1.82, 2.24) is 9.80 Å². The second-order valence-corrected chi connectivity index (χ2v) is 7.68. The molecule has 2 aromatic carbocycles. The number of amides is 2. The number of hydrogen-bond acceptors (Lipinski definition) is 2. The number of carbonyl (C=O) groups is 2. The van der Waals surface area contributed by atoms with Crippen LogP contribution in [0.5, 0.6) is 0 Å². The summed E-state index contributed by atoms with van der Waals surface area (Å²) in [5, 5.41) is 0.790. The summed E-state index contributed by atoms with van der Waals surface area (Å²) in [6.45, 7) is 6.29. The van der Waals surface area contributed by atoms with Gasteiger partial charge in [-0.25, -0.2) is 0 Å². The Hall–Kier alpha value is -2.04. The van der Waals surface area contributed by atoms with Gasteiger partial charge >= 0.3 is 0 Å². The van der Waals surface area contributed by atoms with Crippen molar-refractivity contribution in [3.05, 3.63) is 68.7 Å². The molecule has 0 saturated carbocycles. The average molecular weight is 405 g/mol. The Morgan fingerprint density at radius 1 is 0.741 bits per heavy atom. The van der Waals surface area contributed by atoms with Gasteiger partial charge in [-0.05, 0) is 61.7 Å². The molecule has 2 amide bonds. The number of benzene rings is 2. The molecule has 1 aliphatic rings. The summed E-state index contributed by atoms with van der Waals surface area (Å²) in [6.07, 6.45) is 0.740. The maximum atomic E-state index is 12.8. The van der Waals surface area contributed by atoms with Crippen LogP contribution in [0.3, 0.4) is 0 Å². The van der Waals surface area contributed by atoms with Gasteiger partial charge in [0.15, 0.2) is 0 Å². The van der Waals surface area contributed by atoms with Gasteiger partial charge in [0.1, 0.15) is 0 Å². The number of aryl methyl sites for hydroxylation is 2. The number of hydrogen-bond donors (Lipinski definition) is 0. The van der Waals surface area contributed by atoms with E-state index in [2.05, 4.69) is 0 Å². The third kappa shape index (κ3) is 4.45. The number of rotatable bonds is 2. The SMILES string of the molecule is Cc1ccc(C(=O)N2CCCN(C(=O)c3ccc(Cl)c(Cl)c3)CC2)cc1C. The van der Waals surface area contributed by atoms with E-state index in [1.54, 1.807) is 23.1 Å². The van der Waals surface area contributed by atoms with E-state index in [1.807, 2.05) is 36.9 Å². The molecule has 0 aromatic heterocycles. The standard InChI is InChI=1S/C21H22Cl2N2O2/c1-14-4-5-16(12-15(14)2)20(26)24-8-3-9-25(11-10-24)21(27)17-6-7-18(22)19(23)13-17/h4-7,12-13H,3,8-11H2,1-2H3. The molecule has 0 spiro atoms. The first-order chi connectivity index (χ1) is 12.9. The summed E-state index contributed by atoms with van der Waals surface area (Å²) >= 11 is 12.0. The lowest BCUT2D eigenvalue weighted by atomic mass is 10.1. The van der Waals surface area contributed by atoms with Crippen molar-refractivity contribution in [1.29, 1.82) is 0 Å². The monoisotopic (exact) mass is 404 g/mol. The third-order valence-corrected chi connectivity index (χ3v) is 5.73. The topological polar surface area (TPSA) is 40.6 Å². The molecule has 142 valence electrons. The Morgan fingerprint density at radius 3 is 1.85 bits per heavy atom. The number of carbonyl (C=O) groups excluding carboxylic acids is 2. The molecule has 3 rings (SSSR count). The maximum Gasteiger partial charge on any atom is 0.253 e. The Balaban J connectivity index is 1.69. The van der Waals surface area contributed by atoms with E-state index in [0.717, 1.165) is 12.0 Å². The summed E-state index contributed by atoms with van der Waals surface area (Å²) in [7, 11) is 0. The Bertz CT molecular complexity index is 811. The predicted octanol–water partition coefficient (Wildman–Crippen LogP) is 4.60. The minimum absolute atomic E-state index is 0.0157. The van der Waals surface area contributed by atoms with Crippen LogP contribution in [-0.4, -0.2) is 47.8 Å². The van der Waals surface area contributed by atoms with Gasteiger partial charge in [0.25, 0.3) is 11.8 Å². The van der Waals surface area contributed by atoms with Crippen molar-refractivity contribution < 1.29 is 9.59 Å². The van der Waals surface area contributed by atoms with Gasteiger partial charge in [-0.3, -0.25) is 9.59 Å². The van der Waals surface area contributed by atoms with Crippen LogP contribution in [-0.2, 0) is 0 Å². The Kier molecular flexibility index (Phi) is 6.08. The van der Waals surface area contributed by atoms with Crippen LogP contribution < -0.4 is 0 Å². The average Bonchev–Trinajstić information content (AvgIpc) is 2.91. The van der Waals surface area contributed by atoms with Crippen LogP contribution in [0.1, 0.15) is 38.3 Å². The van der Waals surface area contributed by atoms with E-state index in [0.29, 0.717) is 47.4 Å². The highest BCUT2D eigenvalue weighted by Crippen LogP contribution is 2.23. The van der Waals surface area contributed by atoms with Crippen LogP contribution in [0.15, 0.2) is 36.4 Å². The zero-order chi connectivity index (χ0) is 19.6. The van der Waals surface area contributed by atoms with E-state index >= 15 is 0 Å². The van der Waals surface area contributed by atoms with Crippen molar-refractivity contribution in [3.63, 3.8) is 0 Å². The quantitative estimate of drug-likeness (QED) is 0.733. The summed E-state index contributed by atoms with van der Waals surface area (Å²) in [4.78, 5) is 29.2. The summed E-state index contributed by atoms with van der Waals surface area (Å²) in [6, 6.07) is 10.7. The van der Waals surface area contributed by atoms with Crippen LogP contribution >= 0.6 is 23.2 Å². The lowest BCUT2D eigenvalue weighted by Crippen LogP contribution is -2.37. The highest BCUT2D eigenvalue weighted by molar-refractivity contribution is 6.42. The van der Waals surface area contributed by atoms with Crippen molar-refractivity contribution >= 4 is 35.0 Å². The largest absolute Gasteiger partial charge is 0.337 e. The lowest BCUT2D eigenvalue weighted by molar-refractivity contribution is 0.0718. The van der Waals surface area contributed by atoms with Gasteiger partial charge in [0.05, 0.1) is 10.0 Å². The predicted molar refractivity (Wildman–Crippen MR) is 109 cm³/mol. The van der Waals surface area contributed by atoms with E-state index in [9.17, 15) is 9.59 Å². The molecule has 4 nitrogen and oxygen atoms in total. The van der Waals surface area contributed by atoms with Crippen LogP contribution in [0.4, 0.5) is 0 Å². The molecule has 0 N–H and O–H groups in total. The normalized spacial score (nSPS) is 14.8. The maximum absolute atomic E-state index is 12.8. The molecule has 1 aliphatic heterocycles. The van der Waals surface area contributed by atoms with Gasteiger partial charge in [-0.2, -0.15) is 0 Å². The molecular weight excluding hydrogens is 383 g/mol. The van der Waals surface area contributed by atoms with Gasteiger partial charge in [-0.1, -0.05) is 29.3 Å². The molecule has 0 atom stereocenters. The van der Waals surface area contributed by atoms with Gasteiger partial charge in [0.2, 0.25) is 0 Å². The fourth-order valence-corrected chi connectivity index (χ4v) is 3.49. The van der Waals surface area contributed by atoms with Crippen LogP contribution in [0.25, 0.3) is 0 Å². The van der Waals surface area contributed by atoms with E-state index in [-0.39, 0.29) is 11.8 Å². The second kappa shape index (κ2) is 8.32. The van der Waals surface area contributed by atoms with Gasteiger partial charge in [-0.15, -0.1) is 0 Å². The molecule has 1 saturated heterocycles. The lowest BCUT2D eigenvalue weighted by Gasteiger charge is -2.22. The van der Waals surface area contributed by atoms with Gasteiger partial charge in [0, 0.05) is 37.3 Å². The minimum Gasteiger partial charge on any atom is -0.337 e. The molecule has 1 heterocycles. The molecule has 0 unspecified atom stereocenters. The number of halogens is 2. The Morgan fingerprint density at radius 2 is 1.30 bits per heavy atom. The van der Waals surface area contributed by atoms with Crippen LogP contribution in [0, 0.1) is 13.8 Å². The molecule has 2 aromatic rings. The van der Waals surface area contributed by atoms with E-state index in [4.69, 9.17) is 23.2 Å². The third-order valence-electron chi connectivity index (χ3n) is 4.99. The smallest absolute Gasteiger partial charge is 0.253 e. The highest BCUT2D eigenvalue weighted by atomic mass is 35.5. The molecular formula is C21H22Cl2N2O2. The van der Waals surface area contributed by atoms with E-state index < -0.39 is 0 Å². The Labute approximate surface area is 169 Å². The fourth-order valence-electron chi connectivity index (χ4n) is 3.19. The highest BCUT2D eigenvalue weighted by Gasteiger charge is 2.24. The minimum atomic E-state index is -0.0888. The molecule has 0 aliphatic carbocycles. The summed E-state index contributed by atoms with van der Waals surface area (Å²) < 4.78 is 0. The second-order valence-electron chi connectivity index (χ2n) is 6.87. The zero-order valence-corrected chi connectivity index (χ0v) is 17.0. The number of nitrogens with zero attached hydrogens (tertiary/aromatic N) is 2. The first-order valence-electron chi connectivity index (χ1n) is 8.97. The van der Waals surface area contributed by atoms with Crippen molar-refractivity contribution in [2.24, 2.45) is 0 Å². The molecule has 0 radical (unpaired) electrons. The molecule has 0 bridgehead atoms. The first-order valence-corrected chi connectivity index (χ1v) is 9.73. The van der Waals surface area contributed by atoms with Crippen LogP contribution in [0.2, 0.25) is 10.0 Å². The zero-order valence-electron chi connectivity index (χ0n) is 15.5. The van der Waals surface area contributed by atoms with Crippen molar-refractivity contribution in [2.45, 2.75) is 20.3 Å². The molecule has 1 fully saturated rings. The van der Waals surface area contributed by atoms with Gasteiger partial charge < -0.3 is 9.80 Å². The fraction of sp³-hybridized carbons (Fsp3) is 0.333. The van der Waals surface area contributed by atoms with E-state index in [1.165, 1.54) is 5.56 Å². The molecule has 27 heavy (non-hydrogen) atoms. The summed E-state index contributed by atoms with van der Waals surface area (Å²) in [5.41, 5.74) is 3.48. The van der Waals surface area contributed by atoms with Crippen molar-refractivity contribution in [2.75, 3.05) is 26.2 Å². The van der Waals surface area contributed by atoms with Crippen molar-refractivity contribution in [3.8, 4) is 0 Å². The summed E-state index contributed by atoms with van der Waals surface area (Å²) in [5.74, 6) is -0.0732.